The first-order chi connectivity index (χ1) is 3.50. The van der Waals surface area contributed by atoms with Crippen LogP contribution in [0.4, 0.5) is 0 Å². The summed E-state index contributed by atoms with van der Waals surface area (Å²) in [5.74, 6) is 0. The van der Waals surface area contributed by atoms with E-state index in [1.165, 1.54) is 19.3 Å². The summed E-state index contributed by atoms with van der Waals surface area (Å²) in [6, 6.07) is 0. The van der Waals surface area contributed by atoms with Crippen LogP contribution in [0.3, 0.4) is 0 Å². The molecule has 1 aliphatic rings. The van der Waals surface area contributed by atoms with E-state index in [2.05, 4.69) is 24.3 Å². The summed E-state index contributed by atoms with van der Waals surface area (Å²) in [5.41, 5.74) is 0. The Kier molecular flexibility index (Phi) is 7.11. The fourth-order valence-electron chi connectivity index (χ4n) is 0.703. The Labute approximate surface area is 93.5 Å². The van der Waals surface area contributed by atoms with Crippen LogP contribution in [-0.4, -0.2) is 51.4 Å². The SMILES string of the molecule is C1=CCCCC=C1.[KH]. The molecule has 0 nitrogen and oxygen atoms in total. The molecule has 0 saturated carbocycles. The van der Waals surface area contributed by atoms with Gasteiger partial charge in [-0.05, 0) is 19.3 Å². The van der Waals surface area contributed by atoms with Crippen molar-refractivity contribution in [3.05, 3.63) is 24.3 Å². The van der Waals surface area contributed by atoms with E-state index in [1.807, 2.05) is 0 Å². The fourth-order valence-corrected chi connectivity index (χ4v) is 0.703. The standard InChI is InChI=1S/C7H10.K.H/c1-2-4-6-7-5-3-1;;/h1-4H,5-7H2;;. The van der Waals surface area contributed by atoms with Crippen molar-refractivity contribution in [3.8, 4) is 0 Å². The topological polar surface area (TPSA) is 0 Å². The summed E-state index contributed by atoms with van der Waals surface area (Å²) in [4.78, 5) is 0. The molecule has 0 amide bonds. The minimum atomic E-state index is 0. The summed E-state index contributed by atoms with van der Waals surface area (Å²) in [6.45, 7) is 0. The van der Waals surface area contributed by atoms with Crippen molar-refractivity contribution in [1.29, 1.82) is 0 Å². The quantitative estimate of drug-likeness (QED) is 0.442. The summed E-state index contributed by atoms with van der Waals surface area (Å²) in [7, 11) is 0. The van der Waals surface area contributed by atoms with Gasteiger partial charge in [0.2, 0.25) is 0 Å². The van der Waals surface area contributed by atoms with E-state index in [-0.39, 0.29) is 51.4 Å². The summed E-state index contributed by atoms with van der Waals surface area (Å²) >= 11 is 0. The third-order valence-electron chi connectivity index (χ3n) is 1.12. The molecule has 0 atom stereocenters. The second-order valence-electron chi connectivity index (χ2n) is 1.79. The van der Waals surface area contributed by atoms with Gasteiger partial charge in [0, 0.05) is 0 Å². The molecule has 0 aromatic rings. The van der Waals surface area contributed by atoms with Crippen LogP contribution in [0.2, 0.25) is 0 Å². The Bertz CT molecular complexity index is 80.6. The van der Waals surface area contributed by atoms with Gasteiger partial charge in [-0.1, -0.05) is 24.3 Å². The summed E-state index contributed by atoms with van der Waals surface area (Å²) < 4.78 is 0. The molecule has 0 bridgehead atoms. The number of hydrogen-bond acceptors (Lipinski definition) is 0. The molecule has 0 saturated heterocycles. The van der Waals surface area contributed by atoms with Gasteiger partial charge in [0.05, 0.1) is 0 Å². The van der Waals surface area contributed by atoms with Crippen LogP contribution in [0.5, 0.6) is 0 Å². The van der Waals surface area contributed by atoms with Gasteiger partial charge in [-0.2, -0.15) is 0 Å². The molecule has 8 heavy (non-hydrogen) atoms. The van der Waals surface area contributed by atoms with Crippen molar-refractivity contribution < 1.29 is 0 Å². The zero-order valence-electron chi connectivity index (χ0n) is 4.43. The molecule has 0 aromatic heterocycles. The molecule has 0 N–H and O–H groups in total. The molecule has 1 aliphatic carbocycles. The normalized spacial score (nSPS) is 17.0. The second kappa shape index (κ2) is 6.24. The monoisotopic (exact) mass is 134 g/mol. The van der Waals surface area contributed by atoms with Crippen LogP contribution in [0.15, 0.2) is 24.3 Å². The maximum atomic E-state index is 2.21. The molecule has 0 heterocycles. The number of allylic oxidation sites excluding steroid dienone is 4. The van der Waals surface area contributed by atoms with Gasteiger partial charge < -0.3 is 0 Å². The Balaban J connectivity index is 0.000000490. The second-order valence-corrected chi connectivity index (χ2v) is 1.79. The molecule has 0 aromatic carbocycles. The van der Waals surface area contributed by atoms with E-state index in [1.54, 1.807) is 0 Å². The number of hydrogen-bond donors (Lipinski definition) is 0. The fraction of sp³-hybridized carbons (Fsp3) is 0.429. The van der Waals surface area contributed by atoms with Crippen molar-refractivity contribution in [2.75, 3.05) is 0 Å². The van der Waals surface area contributed by atoms with Gasteiger partial charge >= 0.3 is 51.4 Å². The Morgan fingerprint density at radius 3 is 1.88 bits per heavy atom. The van der Waals surface area contributed by atoms with Gasteiger partial charge in [-0.3, -0.25) is 0 Å². The molecule has 0 radical (unpaired) electrons. The molecular weight excluding hydrogens is 123 g/mol. The van der Waals surface area contributed by atoms with Crippen molar-refractivity contribution in [1.82, 2.24) is 0 Å². The van der Waals surface area contributed by atoms with Crippen LogP contribution in [0.25, 0.3) is 0 Å². The van der Waals surface area contributed by atoms with Crippen LogP contribution in [-0.2, 0) is 0 Å². The van der Waals surface area contributed by atoms with Gasteiger partial charge in [0.15, 0.2) is 0 Å². The van der Waals surface area contributed by atoms with Crippen molar-refractivity contribution >= 4 is 51.4 Å². The van der Waals surface area contributed by atoms with Crippen LogP contribution in [0, 0.1) is 0 Å². The van der Waals surface area contributed by atoms with Crippen LogP contribution >= 0.6 is 0 Å². The molecule has 40 valence electrons. The van der Waals surface area contributed by atoms with E-state index in [0.717, 1.165) is 0 Å². The Morgan fingerprint density at radius 2 is 1.38 bits per heavy atom. The van der Waals surface area contributed by atoms with E-state index in [9.17, 15) is 0 Å². The molecule has 1 heteroatoms. The molecule has 0 unspecified atom stereocenters. The van der Waals surface area contributed by atoms with Crippen molar-refractivity contribution in [3.63, 3.8) is 0 Å². The predicted molar refractivity (Wildman–Crippen MR) is 39.3 cm³/mol. The number of rotatable bonds is 0. The summed E-state index contributed by atoms with van der Waals surface area (Å²) in [6.07, 6.45) is 12.5. The molecule has 0 spiro atoms. The Hall–Kier alpha value is 1.12. The predicted octanol–water partition coefficient (Wildman–Crippen LogP) is 1.63. The molecular formula is C7H11K. The Morgan fingerprint density at radius 1 is 0.875 bits per heavy atom. The first-order valence-corrected chi connectivity index (χ1v) is 2.82. The van der Waals surface area contributed by atoms with Crippen LogP contribution < -0.4 is 0 Å². The molecule has 1 rings (SSSR count). The van der Waals surface area contributed by atoms with Crippen molar-refractivity contribution in [2.45, 2.75) is 19.3 Å². The van der Waals surface area contributed by atoms with Gasteiger partial charge in [0.25, 0.3) is 0 Å². The third-order valence-corrected chi connectivity index (χ3v) is 1.12. The third kappa shape index (κ3) is 4.04. The molecule has 0 fully saturated rings. The molecule has 0 aliphatic heterocycles. The van der Waals surface area contributed by atoms with E-state index in [0.29, 0.717) is 0 Å². The zero-order valence-corrected chi connectivity index (χ0v) is 4.43. The minimum absolute atomic E-state index is 0. The zero-order chi connectivity index (χ0) is 4.95. The first-order valence-electron chi connectivity index (χ1n) is 2.82. The van der Waals surface area contributed by atoms with Gasteiger partial charge in [-0.25, -0.2) is 0 Å². The van der Waals surface area contributed by atoms with E-state index < -0.39 is 0 Å². The van der Waals surface area contributed by atoms with Crippen LogP contribution in [0.1, 0.15) is 19.3 Å². The van der Waals surface area contributed by atoms with E-state index >= 15 is 0 Å². The summed E-state index contributed by atoms with van der Waals surface area (Å²) in [5, 5.41) is 0. The van der Waals surface area contributed by atoms with E-state index in [4.69, 9.17) is 0 Å². The van der Waals surface area contributed by atoms with Crippen molar-refractivity contribution in [2.24, 2.45) is 0 Å². The average molecular weight is 134 g/mol. The van der Waals surface area contributed by atoms with Gasteiger partial charge in [0.1, 0.15) is 0 Å². The first kappa shape index (κ1) is 9.12. The average Bonchev–Trinajstić information content (AvgIpc) is 1.90. The maximum absolute atomic E-state index is 2.21. The van der Waals surface area contributed by atoms with Gasteiger partial charge in [-0.15, -0.1) is 0 Å².